The summed E-state index contributed by atoms with van der Waals surface area (Å²) in [4.78, 5) is 23.0. The van der Waals surface area contributed by atoms with E-state index in [-0.39, 0.29) is 5.41 Å². The van der Waals surface area contributed by atoms with E-state index in [0.717, 1.165) is 99.6 Å². The zero-order valence-corrected chi connectivity index (χ0v) is 56.2. The third-order valence-electron chi connectivity index (χ3n) is 23.0. The van der Waals surface area contributed by atoms with Crippen molar-refractivity contribution < 1.29 is 0 Å². The molecule has 103 heavy (non-hydrogen) atoms. The Morgan fingerprint density at radius 3 is 1.29 bits per heavy atom. The van der Waals surface area contributed by atoms with Crippen molar-refractivity contribution in [3.8, 4) is 56.8 Å². The first kappa shape index (κ1) is 56.5. The minimum absolute atomic E-state index is 0.317. The van der Waals surface area contributed by atoms with Crippen molar-refractivity contribution in [1.29, 1.82) is 0 Å². The summed E-state index contributed by atoms with van der Waals surface area (Å²) in [7, 11) is 0. The number of aromatic nitrogens is 6. The van der Waals surface area contributed by atoms with Gasteiger partial charge in [-0.3, -0.25) is 9.13 Å². The molecule has 1 aliphatic carbocycles. The molecule has 0 aliphatic heterocycles. The molecule has 0 radical (unpaired) electrons. The first-order valence-corrected chi connectivity index (χ1v) is 35.6. The topological polar surface area (TPSA) is 61.4 Å². The minimum Gasteiger partial charge on any atom is -0.278 e. The molecule has 0 unspecified atom stereocenters. The van der Waals surface area contributed by atoms with Crippen LogP contribution in [0.2, 0.25) is 0 Å². The van der Waals surface area contributed by atoms with Gasteiger partial charge in [0.15, 0.2) is 0 Å². The lowest BCUT2D eigenvalue weighted by Gasteiger charge is -2.24. The van der Waals surface area contributed by atoms with Gasteiger partial charge in [0.1, 0.15) is 0 Å². The number of nitrogens with zero attached hydrogens (tertiary/aromatic N) is 6. The fourth-order valence-electron chi connectivity index (χ4n) is 18.5. The Kier molecular flexibility index (Phi) is 11.4. The lowest BCUT2D eigenvalue weighted by atomic mass is 9.81. The van der Waals surface area contributed by atoms with Gasteiger partial charge in [-0.15, -0.1) is 0 Å². The van der Waals surface area contributed by atoms with Gasteiger partial charge < -0.3 is 0 Å². The molecule has 1 aliphatic rings. The fourth-order valence-corrected chi connectivity index (χ4v) is 18.5. The molecular formula is C97H58N6. The Hall–Kier alpha value is -13.4. The molecule has 0 amide bonds. The van der Waals surface area contributed by atoms with Crippen molar-refractivity contribution in [1.82, 2.24) is 29.1 Å². The van der Waals surface area contributed by atoms with Crippen LogP contribution in [0.15, 0.2) is 315 Å². The van der Waals surface area contributed by atoms with Crippen LogP contribution in [0.1, 0.15) is 25.0 Å². The Morgan fingerprint density at radius 1 is 0.233 bits per heavy atom. The molecule has 0 N–H and O–H groups in total. The summed E-state index contributed by atoms with van der Waals surface area (Å²) in [5, 5.41) is 29.7. The molecule has 4 aromatic heterocycles. The highest BCUT2D eigenvalue weighted by Gasteiger charge is 2.40. The van der Waals surface area contributed by atoms with Crippen LogP contribution in [0.3, 0.4) is 0 Å². The minimum atomic E-state index is -0.317. The van der Waals surface area contributed by atoms with E-state index >= 15 is 0 Å². The van der Waals surface area contributed by atoms with Crippen LogP contribution in [0.5, 0.6) is 0 Å². The van der Waals surface area contributed by atoms with Crippen LogP contribution in [0.4, 0.5) is 0 Å². The largest absolute Gasteiger partial charge is 0.278 e. The normalized spacial score (nSPS) is 13.0. The molecule has 0 fully saturated rings. The van der Waals surface area contributed by atoms with Crippen LogP contribution in [0.25, 0.3) is 219 Å². The monoisotopic (exact) mass is 1310 g/mol. The van der Waals surface area contributed by atoms with Crippen molar-refractivity contribution >= 4 is 162 Å². The van der Waals surface area contributed by atoms with Crippen molar-refractivity contribution in [3.63, 3.8) is 0 Å². The first-order valence-electron chi connectivity index (χ1n) is 35.6. The molecular weight excluding hydrogens is 1250 g/mol. The van der Waals surface area contributed by atoms with E-state index < -0.39 is 0 Å². The molecule has 476 valence electrons. The number of rotatable bonds is 5. The highest BCUT2D eigenvalue weighted by molar-refractivity contribution is 6.40. The molecule has 0 saturated heterocycles. The van der Waals surface area contributed by atoms with Gasteiger partial charge in [0, 0.05) is 65.4 Å². The Balaban J connectivity index is 0.744. The van der Waals surface area contributed by atoms with Gasteiger partial charge >= 0.3 is 0 Å². The molecule has 6 heteroatoms. The lowest BCUT2D eigenvalue weighted by Crippen LogP contribution is -2.18. The van der Waals surface area contributed by atoms with E-state index in [0.29, 0.717) is 11.9 Å². The van der Waals surface area contributed by atoms with E-state index in [9.17, 15) is 0 Å². The predicted molar refractivity (Wildman–Crippen MR) is 433 cm³/mol. The van der Waals surface area contributed by atoms with Gasteiger partial charge in [-0.05, 0) is 162 Å². The second kappa shape index (κ2) is 20.8. The summed E-state index contributed by atoms with van der Waals surface area (Å²) < 4.78 is 4.68. The SMILES string of the molecule is CC1(C)c2ccccc2-c2nc(-n3c4ccc5ccccc5c4c4c5c(ccc43)c3ccccc3c3cc(-c4ccc6c(ccc7nc(-n8c9ccc%10ccccc%10c9c9c%10c%11ccccc%11c%11ccccc%11c%10ccc98)nc(-c8ccc9ccccc9c8)c76)c4)ccc35)nc(-c3ccccc3)c21. The second-order valence-electron chi connectivity index (χ2n) is 28.7. The summed E-state index contributed by atoms with van der Waals surface area (Å²) in [6, 6.07) is 116. The molecule has 4 heterocycles. The molecule has 0 bridgehead atoms. The number of hydrogen-bond acceptors (Lipinski definition) is 4. The van der Waals surface area contributed by atoms with Crippen molar-refractivity contribution in [2.24, 2.45) is 0 Å². The van der Waals surface area contributed by atoms with Crippen LogP contribution >= 0.6 is 0 Å². The van der Waals surface area contributed by atoms with Crippen LogP contribution in [-0.2, 0) is 5.41 Å². The lowest BCUT2D eigenvalue weighted by molar-refractivity contribution is 0.657. The standard InChI is InChI=1S/C97H58N6/c1-97(2)78-35-19-18-34-76(78)94-91(97)93(58-23-4-3-5-24-58)100-96(101-94)103-81-49-42-57-22-9-11-27-65(57)88(81)90-83(103)51-46-74-70-31-14-15-32-71(70)77-54-61(39-44-75(77)85(74)90)60-38-43-66-62(52-60)40-47-79-86(66)92(63-37-36-55-20-6-7-25-59(55)53-63)99-95(98-79)102-80-48-41-56-21-8-10-26-64(56)87(80)89-82(102)50-45-73-69-30-13-12-28-67(69)68-29-16-17-33-72(68)84(73)89/h3-54H,1-2H3. The van der Waals surface area contributed by atoms with E-state index in [1.165, 1.54) is 119 Å². The van der Waals surface area contributed by atoms with E-state index in [4.69, 9.17) is 19.9 Å². The van der Waals surface area contributed by atoms with Crippen LogP contribution < -0.4 is 0 Å². The second-order valence-corrected chi connectivity index (χ2v) is 28.7. The molecule has 6 nitrogen and oxygen atoms in total. The van der Waals surface area contributed by atoms with Crippen molar-refractivity contribution in [2.75, 3.05) is 0 Å². The summed E-state index contributed by atoms with van der Waals surface area (Å²) in [6.07, 6.45) is 0. The van der Waals surface area contributed by atoms with Gasteiger partial charge in [-0.25, -0.2) is 19.9 Å². The maximum Gasteiger partial charge on any atom is 0.235 e. The van der Waals surface area contributed by atoms with Crippen molar-refractivity contribution in [2.45, 2.75) is 19.3 Å². The van der Waals surface area contributed by atoms with Gasteiger partial charge in [-0.2, -0.15) is 0 Å². The molecule has 0 saturated carbocycles. The zero-order chi connectivity index (χ0) is 67.5. The van der Waals surface area contributed by atoms with E-state index in [1.807, 2.05) is 0 Å². The molecule has 18 aromatic carbocycles. The average Bonchev–Trinajstić information content (AvgIpc) is 1.57. The smallest absolute Gasteiger partial charge is 0.235 e. The van der Waals surface area contributed by atoms with Crippen LogP contribution in [-0.4, -0.2) is 29.1 Å². The maximum atomic E-state index is 5.87. The van der Waals surface area contributed by atoms with Gasteiger partial charge in [-0.1, -0.05) is 281 Å². The molecule has 22 aromatic rings. The third-order valence-corrected chi connectivity index (χ3v) is 23.0. The summed E-state index contributed by atoms with van der Waals surface area (Å²) in [5.74, 6) is 1.28. The molecule has 0 spiro atoms. The highest BCUT2D eigenvalue weighted by atomic mass is 15.2. The first-order chi connectivity index (χ1) is 50.9. The van der Waals surface area contributed by atoms with E-state index in [1.54, 1.807) is 0 Å². The van der Waals surface area contributed by atoms with Gasteiger partial charge in [0.05, 0.1) is 44.7 Å². The Bertz CT molecular complexity index is 7550. The number of fused-ring (bicyclic) bond motifs is 31. The maximum absolute atomic E-state index is 5.87. The van der Waals surface area contributed by atoms with Crippen LogP contribution in [0, 0.1) is 0 Å². The number of benzene rings is 18. The Labute approximate surface area is 590 Å². The zero-order valence-electron chi connectivity index (χ0n) is 56.2. The predicted octanol–water partition coefficient (Wildman–Crippen LogP) is 25.5. The number of hydrogen-bond donors (Lipinski definition) is 0. The van der Waals surface area contributed by atoms with Gasteiger partial charge in [0.25, 0.3) is 0 Å². The quantitative estimate of drug-likeness (QED) is 0.161. The van der Waals surface area contributed by atoms with Gasteiger partial charge in [0.2, 0.25) is 11.9 Å². The highest BCUT2D eigenvalue weighted by Crippen LogP contribution is 2.53. The Morgan fingerprint density at radius 2 is 0.641 bits per heavy atom. The molecule has 0 atom stereocenters. The summed E-state index contributed by atoms with van der Waals surface area (Å²) >= 11 is 0. The third kappa shape index (κ3) is 7.81. The summed E-state index contributed by atoms with van der Waals surface area (Å²) in [6.45, 7) is 4.64. The fraction of sp³-hybridized carbons (Fsp3) is 0.0309. The van der Waals surface area contributed by atoms with E-state index in [2.05, 4.69) is 338 Å². The molecule has 23 rings (SSSR count). The average molecular weight is 1310 g/mol. The summed E-state index contributed by atoms with van der Waals surface area (Å²) in [5.41, 5.74) is 15.6. The van der Waals surface area contributed by atoms with Crippen molar-refractivity contribution in [3.05, 3.63) is 327 Å².